The first-order chi connectivity index (χ1) is 14.3. The molecule has 2 aromatic carbocycles. The fraction of sp³-hybridized carbons (Fsp3) is 0.280. The number of nitrogens with one attached hydrogen (secondary N) is 1. The lowest BCUT2D eigenvalue weighted by molar-refractivity contribution is 0.102. The van der Waals surface area contributed by atoms with Gasteiger partial charge in [-0.2, -0.15) is 0 Å². The van der Waals surface area contributed by atoms with Gasteiger partial charge in [-0.15, -0.1) is 0 Å². The van der Waals surface area contributed by atoms with Crippen LogP contribution < -0.4 is 10.7 Å². The maximum Gasteiger partial charge on any atom is 0.261 e. The van der Waals surface area contributed by atoms with Crippen LogP contribution in [0.3, 0.4) is 0 Å². The Bertz CT molecular complexity index is 1110. The van der Waals surface area contributed by atoms with Crippen LogP contribution in [0, 0.1) is 19.8 Å². The second kappa shape index (κ2) is 9.31. The summed E-state index contributed by atoms with van der Waals surface area (Å²) in [5, 5.41) is 3.25. The van der Waals surface area contributed by atoms with Crippen molar-refractivity contribution < 1.29 is 4.79 Å². The number of hydrogen-bond donors (Lipinski definition) is 1. The van der Waals surface area contributed by atoms with Crippen LogP contribution in [0.15, 0.2) is 59.4 Å². The van der Waals surface area contributed by atoms with E-state index in [9.17, 15) is 9.59 Å². The molecular formula is C25H27ClN2O2. The van der Waals surface area contributed by atoms with E-state index in [1.165, 1.54) is 5.56 Å². The molecule has 0 aliphatic carbocycles. The van der Waals surface area contributed by atoms with E-state index in [2.05, 4.69) is 54.9 Å². The molecule has 4 nitrogen and oxygen atoms in total. The van der Waals surface area contributed by atoms with E-state index >= 15 is 0 Å². The minimum absolute atomic E-state index is 0.182. The number of amides is 1. The summed E-state index contributed by atoms with van der Waals surface area (Å²) < 4.78 is 2.08. The topological polar surface area (TPSA) is 51.1 Å². The fourth-order valence-corrected chi connectivity index (χ4v) is 3.70. The van der Waals surface area contributed by atoms with Gasteiger partial charge in [0.15, 0.2) is 5.43 Å². The predicted octanol–water partition coefficient (Wildman–Crippen LogP) is 5.62. The molecule has 3 rings (SSSR count). The van der Waals surface area contributed by atoms with Gasteiger partial charge in [0, 0.05) is 24.0 Å². The smallest absolute Gasteiger partial charge is 0.261 e. The number of carbonyl (C=O) groups excluding carboxylic acids is 1. The maximum atomic E-state index is 13.2. The number of rotatable bonds is 6. The van der Waals surface area contributed by atoms with Gasteiger partial charge in [0.1, 0.15) is 5.56 Å². The number of carbonyl (C=O) groups is 1. The Kier molecular flexibility index (Phi) is 6.78. The average Bonchev–Trinajstić information content (AvgIpc) is 2.67. The van der Waals surface area contributed by atoms with Gasteiger partial charge in [-0.3, -0.25) is 9.59 Å². The van der Waals surface area contributed by atoms with Gasteiger partial charge in [-0.05, 0) is 43.9 Å². The molecule has 156 valence electrons. The Balaban J connectivity index is 2.09. The van der Waals surface area contributed by atoms with Gasteiger partial charge in [-0.25, -0.2) is 0 Å². The van der Waals surface area contributed by atoms with Crippen molar-refractivity contribution in [3.63, 3.8) is 0 Å². The summed E-state index contributed by atoms with van der Waals surface area (Å²) in [7, 11) is 0. The molecule has 0 bridgehead atoms. The second-order valence-corrected chi connectivity index (χ2v) is 8.48. The van der Waals surface area contributed by atoms with Crippen molar-refractivity contribution >= 4 is 23.2 Å². The van der Waals surface area contributed by atoms with Gasteiger partial charge in [0.25, 0.3) is 5.91 Å². The zero-order chi connectivity index (χ0) is 21.8. The zero-order valence-corrected chi connectivity index (χ0v) is 18.6. The molecule has 0 fully saturated rings. The first kappa shape index (κ1) is 21.8. The quantitative estimate of drug-likeness (QED) is 0.560. The van der Waals surface area contributed by atoms with E-state index in [1.54, 1.807) is 30.3 Å². The third-order valence-corrected chi connectivity index (χ3v) is 5.37. The summed E-state index contributed by atoms with van der Waals surface area (Å²) in [6, 6.07) is 16.9. The van der Waals surface area contributed by atoms with Crippen molar-refractivity contribution in [3.05, 3.63) is 97.9 Å². The molecule has 1 heterocycles. The van der Waals surface area contributed by atoms with Gasteiger partial charge >= 0.3 is 0 Å². The summed E-state index contributed by atoms with van der Waals surface area (Å²) in [6.07, 6.45) is 0.619. The molecule has 0 atom stereocenters. The summed E-state index contributed by atoms with van der Waals surface area (Å²) >= 11 is 6.20. The van der Waals surface area contributed by atoms with Crippen LogP contribution in [0.1, 0.15) is 46.7 Å². The minimum atomic E-state index is -0.429. The van der Waals surface area contributed by atoms with Gasteiger partial charge < -0.3 is 9.88 Å². The number of pyridine rings is 1. The number of aryl methyl sites for hydroxylation is 2. The normalized spacial score (nSPS) is 11.0. The molecule has 5 heteroatoms. The highest BCUT2D eigenvalue weighted by Gasteiger charge is 2.22. The largest absolute Gasteiger partial charge is 0.343 e. The molecular weight excluding hydrogens is 396 g/mol. The molecule has 0 unspecified atom stereocenters. The Morgan fingerprint density at radius 1 is 1.07 bits per heavy atom. The molecule has 30 heavy (non-hydrogen) atoms. The van der Waals surface area contributed by atoms with E-state index in [1.807, 2.05) is 6.92 Å². The van der Waals surface area contributed by atoms with Crippen molar-refractivity contribution in [3.8, 4) is 0 Å². The Morgan fingerprint density at radius 2 is 1.73 bits per heavy atom. The van der Waals surface area contributed by atoms with Crippen LogP contribution in [0.2, 0.25) is 5.02 Å². The lowest BCUT2D eigenvalue weighted by atomic mass is 10.00. The predicted molar refractivity (Wildman–Crippen MR) is 124 cm³/mol. The summed E-state index contributed by atoms with van der Waals surface area (Å²) in [5.41, 5.74) is 4.30. The number of nitrogens with zero attached hydrogens (tertiary/aromatic N) is 1. The van der Waals surface area contributed by atoms with Crippen molar-refractivity contribution in [2.45, 2.75) is 40.7 Å². The third-order valence-electron chi connectivity index (χ3n) is 5.04. The van der Waals surface area contributed by atoms with E-state index in [0.29, 0.717) is 23.7 Å². The number of halogens is 1. The van der Waals surface area contributed by atoms with Crippen LogP contribution in [0.25, 0.3) is 0 Å². The average molecular weight is 423 g/mol. The van der Waals surface area contributed by atoms with Crippen molar-refractivity contribution in [1.29, 1.82) is 0 Å². The van der Waals surface area contributed by atoms with Crippen molar-refractivity contribution in [1.82, 2.24) is 4.57 Å². The Hall–Kier alpha value is -2.85. The number of para-hydroxylation sites is 1. The lowest BCUT2D eigenvalue weighted by Gasteiger charge is -2.21. The van der Waals surface area contributed by atoms with Crippen molar-refractivity contribution in [2.75, 3.05) is 5.32 Å². The number of anilines is 1. The zero-order valence-electron chi connectivity index (χ0n) is 17.8. The molecule has 0 spiro atoms. The Labute approximate surface area is 182 Å². The molecule has 1 amide bonds. The summed E-state index contributed by atoms with van der Waals surface area (Å²) in [6.45, 7) is 8.73. The van der Waals surface area contributed by atoms with Gasteiger partial charge in [0.05, 0.1) is 10.7 Å². The highest BCUT2D eigenvalue weighted by atomic mass is 35.5. The molecule has 1 N–H and O–H groups in total. The highest BCUT2D eigenvalue weighted by molar-refractivity contribution is 6.33. The van der Waals surface area contributed by atoms with Gasteiger partial charge in [-0.1, -0.05) is 67.4 Å². The van der Waals surface area contributed by atoms with Crippen molar-refractivity contribution in [2.24, 2.45) is 5.92 Å². The lowest BCUT2D eigenvalue weighted by Crippen LogP contribution is -2.29. The van der Waals surface area contributed by atoms with Crippen LogP contribution >= 0.6 is 11.6 Å². The molecule has 0 radical (unpaired) electrons. The van der Waals surface area contributed by atoms with Crippen LogP contribution in [0.4, 0.5) is 5.69 Å². The van der Waals surface area contributed by atoms with Crippen LogP contribution in [-0.4, -0.2) is 10.5 Å². The van der Waals surface area contributed by atoms with Crippen LogP contribution in [0.5, 0.6) is 0 Å². The molecule has 1 aromatic heterocycles. The number of hydrogen-bond acceptors (Lipinski definition) is 2. The van der Waals surface area contributed by atoms with E-state index in [-0.39, 0.29) is 16.9 Å². The first-order valence-corrected chi connectivity index (χ1v) is 10.5. The second-order valence-electron chi connectivity index (χ2n) is 8.08. The summed E-state index contributed by atoms with van der Waals surface area (Å²) in [5.74, 6) is -0.149. The Morgan fingerprint density at radius 3 is 2.37 bits per heavy atom. The maximum absolute atomic E-state index is 13.2. The molecule has 3 aromatic rings. The SMILES string of the molecule is Cc1ccc(Cn2c(C)cc(=O)c(C(=O)Nc3ccccc3Cl)c2CC(C)C)cc1. The van der Waals surface area contributed by atoms with E-state index < -0.39 is 5.91 Å². The van der Waals surface area contributed by atoms with Gasteiger partial charge in [0.2, 0.25) is 0 Å². The minimum Gasteiger partial charge on any atom is -0.343 e. The number of benzene rings is 2. The highest BCUT2D eigenvalue weighted by Crippen LogP contribution is 2.23. The first-order valence-electron chi connectivity index (χ1n) is 10.1. The monoisotopic (exact) mass is 422 g/mol. The van der Waals surface area contributed by atoms with E-state index in [0.717, 1.165) is 17.0 Å². The fourth-order valence-electron chi connectivity index (χ4n) is 3.52. The molecule has 0 aliphatic rings. The molecule has 0 aliphatic heterocycles. The van der Waals surface area contributed by atoms with E-state index in [4.69, 9.17) is 11.6 Å². The van der Waals surface area contributed by atoms with Crippen LogP contribution in [-0.2, 0) is 13.0 Å². The third kappa shape index (κ3) is 5.00. The molecule has 0 saturated heterocycles. The summed E-state index contributed by atoms with van der Waals surface area (Å²) in [4.78, 5) is 26.1. The number of aromatic nitrogens is 1. The molecule has 0 saturated carbocycles. The standard InChI is InChI=1S/C25H27ClN2O2/c1-16(2)13-22-24(25(30)27-21-8-6-5-7-20(21)26)23(29)14-18(4)28(22)15-19-11-9-17(3)10-12-19/h5-12,14,16H,13,15H2,1-4H3,(H,27,30).